The van der Waals surface area contributed by atoms with Crippen molar-refractivity contribution in [1.82, 2.24) is 0 Å². The predicted octanol–water partition coefficient (Wildman–Crippen LogP) is 2.97. The molecule has 14 heavy (non-hydrogen) atoms. The molecule has 1 aliphatic rings. The van der Waals surface area contributed by atoms with Gasteiger partial charge in [-0.2, -0.15) is 0 Å². The maximum atomic E-state index is 5.90. The second-order valence-corrected chi connectivity index (χ2v) is 4.74. The van der Waals surface area contributed by atoms with Crippen LogP contribution in [-0.4, -0.2) is 6.54 Å². The molecule has 2 unspecified atom stereocenters. The van der Waals surface area contributed by atoms with Crippen LogP contribution in [0.3, 0.4) is 0 Å². The Morgan fingerprint density at radius 3 is 2.43 bits per heavy atom. The van der Waals surface area contributed by atoms with Crippen molar-refractivity contribution in [1.29, 1.82) is 0 Å². The van der Waals surface area contributed by atoms with Crippen LogP contribution in [0.25, 0.3) is 0 Å². The minimum absolute atomic E-state index is 0.227. The molecule has 0 amide bonds. The molecule has 1 aromatic rings. The summed E-state index contributed by atoms with van der Waals surface area (Å²) in [6, 6.07) is 8.15. The van der Waals surface area contributed by atoms with Crippen molar-refractivity contribution in [2.75, 3.05) is 6.54 Å². The fourth-order valence-corrected chi connectivity index (χ4v) is 2.54. The highest BCUT2D eigenvalue weighted by molar-refractivity contribution is 6.30. The first kappa shape index (κ1) is 10.0. The molecule has 0 radical (unpaired) electrons. The van der Waals surface area contributed by atoms with E-state index in [-0.39, 0.29) is 5.41 Å². The largest absolute Gasteiger partial charge is 0.330 e. The van der Waals surface area contributed by atoms with E-state index in [1.807, 2.05) is 12.1 Å². The van der Waals surface area contributed by atoms with E-state index in [9.17, 15) is 0 Å². The van der Waals surface area contributed by atoms with Crippen molar-refractivity contribution in [2.24, 2.45) is 11.7 Å². The third-order valence-corrected chi connectivity index (χ3v) is 4.00. The summed E-state index contributed by atoms with van der Waals surface area (Å²) >= 11 is 5.87. The van der Waals surface area contributed by atoms with Crippen LogP contribution in [0, 0.1) is 5.92 Å². The Labute approximate surface area is 90.3 Å². The lowest BCUT2D eigenvalue weighted by molar-refractivity contribution is 0.146. The summed E-state index contributed by atoms with van der Waals surface area (Å²) in [5, 5.41) is 0.799. The molecule has 2 heteroatoms. The van der Waals surface area contributed by atoms with Crippen LogP contribution in [0.2, 0.25) is 5.02 Å². The Morgan fingerprint density at radius 2 is 2.07 bits per heavy atom. The van der Waals surface area contributed by atoms with E-state index >= 15 is 0 Å². The van der Waals surface area contributed by atoms with Gasteiger partial charge in [0.1, 0.15) is 0 Å². The minimum atomic E-state index is 0.227. The molecule has 1 saturated carbocycles. The van der Waals surface area contributed by atoms with Gasteiger partial charge in [-0.1, -0.05) is 30.7 Å². The van der Waals surface area contributed by atoms with E-state index < -0.39 is 0 Å². The molecule has 0 aliphatic heterocycles. The van der Waals surface area contributed by atoms with Crippen LogP contribution in [-0.2, 0) is 5.41 Å². The summed E-state index contributed by atoms with van der Waals surface area (Å²) in [5.74, 6) is 0.702. The van der Waals surface area contributed by atoms with Crippen LogP contribution in [0.15, 0.2) is 24.3 Å². The van der Waals surface area contributed by atoms with Crippen molar-refractivity contribution < 1.29 is 0 Å². The van der Waals surface area contributed by atoms with Crippen LogP contribution >= 0.6 is 11.6 Å². The number of halogens is 1. The average molecular weight is 210 g/mol. The fraction of sp³-hybridized carbons (Fsp3) is 0.500. The van der Waals surface area contributed by atoms with E-state index in [0.717, 1.165) is 11.6 Å². The molecule has 2 rings (SSSR count). The third kappa shape index (κ3) is 1.35. The Morgan fingerprint density at radius 1 is 1.43 bits per heavy atom. The molecule has 0 bridgehead atoms. The molecule has 0 saturated heterocycles. The smallest absolute Gasteiger partial charge is 0.0406 e. The number of nitrogens with two attached hydrogens (primary N) is 1. The van der Waals surface area contributed by atoms with Crippen molar-refractivity contribution in [3.05, 3.63) is 34.9 Å². The number of rotatable bonds is 2. The summed E-state index contributed by atoms with van der Waals surface area (Å²) < 4.78 is 0. The van der Waals surface area contributed by atoms with Gasteiger partial charge < -0.3 is 5.73 Å². The molecule has 76 valence electrons. The Hall–Kier alpha value is -0.530. The number of hydrogen-bond acceptors (Lipinski definition) is 1. The molecule has 2 atom stereocenters. The van der Waals surface area contributed by atoms with Crippen LogP contribution in [0.4, 0.5) is 0 Å². The van der Waals surface area contributed by atoms with Gasteiger partial charge in [0.25, 0.3) is 0 Å². The normalized spacial score (nSPS) is 31.2. The first-order chi connectivity index (χ1) is 6.69. The molecule has 1 nitrogen and oxygen atoms in total. The van der Waals surface area contributed by atoms with Gasteiger partial charge in [0.2, 0.25) is 0 Å². The van der Waals surface area contributed by atoms with Crippen molar-refractivity contribution in [2.45, 2.75) is 25.2 Å². The van der Waals surface area contributed by atoms with Gasteiger partial charge >= 0.3 is 0 Å². The van der Waals surface area contributed by atoms with Crippen LogP contribution < -0.4 is 5.73 Å². The van der Waals surface area contributed by atoms with Crippen LogP contribution in [0.5, 0.6) is 0 Å². The summed E-state index contributed by atoms with van der Waals surface area (Å²) in [6.45, 7) is 3.03. The van der Waals surface area contributed by atoms with Crippen molar-refractivity contribution in [3.8, 4) is 0 Å². The maximum absolute atomic E-state index is 5.90. The van der Waals surface area contributed by atoms with Gasteiger partial charge in [0.05, 0.1) is 0 Å². The Kier molecular flexibility index (Phi) is 2.54. The summed E-state index contributed by atoms with van der Waals surface area (Å²) in [6.07, 6.45) is 2.51. The fourth-order valence-electron chi connectivity index (χ4n) is 2.41. The van der Waals surface area contributed by atoms with Crippen molar-refractivity contribution in [3.63, 3.8) is 0 Å². The molecule has 0 spiro atoms. The first-order valence-electron chi connectivity index (χ1n) is 5.15. The summed E-state index contributed by atoms with van der Waals surface area (Å²) in [7, 11) is 0. The highest BCUT2D eigenvalue weighted by Crippen LogP contribution is 2.47. The lowest BCUT2D eigenvalue weighted by Gasteiger charge is -2.48. The van der Waals surface area contributed by atoms with E-state index in [4.69, 9.17) is 17.3 Å². The van der Waals surface area contributed by atoms with E-state index in [2.05, 4.69) is 19.1 Å². The summed E-state index contributed by atoms with van der Waals surface area (Å²) in [5.41, 5.74) is 7.47. The SMILES string of the molecule is CC1CCC1(CN)c1ccc(Cl)cc1. The Bertz CT molecular complexity index is 316. The zero-order valence-corrected chi connectivity index (χ0v) is 9.22. The zero-order chi connectivity index (χ0) is 10.2. The molecule has 1 aromatic carbocycles. The van der Waals surface area contributed by atoms with E-state index in [1.165, 1.54) is 18.4 Å². The van der Waals surface area contributed by atoms with Gasteiger partial charge in [0, 0.05) is 17.0 Å². The van der Waals surface area contributed by atoms with Crippen LogP contribution in [0.1, 0.15) is 25.3 Å². The minimum Gasteiger partial charge on any atom is -0.330 e. The maximum Gasteiger partial charge on any atom is 0.0406 e. The molecular formula is C12H16ClN. The summed E-state index contributed by atoms with van der Waals surface area (Å²) in [4.78, 5) is 0. The second kappa shape index (κ2) is 3.56. The number of benzene rings is 1. The van der Waals surface area contributed by atoms with Gasteiger partial charge in [-0.3, -0.25) is 0 Å². The quantitative estimate of drug-likeness (QED) is 0.797. The predicted molar refractivity (Wildman–Crippen MR) is 60.6 cm³/mol. The van der Waals surface area contributed by atoms with Gasteiger partial charge in [-0.05, 0) is 36.5 Å². The van der Waals surface area contributed by atoms with Gasteiger partial charge in [-0.15, -0.1) is 0 Å². The molecular weight excluding hydrogens is 194 g/mol. The monoisotopic (exact) mass is 209 g/mol. The topological polar surface area (TPSA) is 26.0 Å². The second-order valence-electron chi connectivity index (χ2n) is 4.31. The van der Waals surface area contributed by atoms with Crippen molar-refractivity contribution >= 4 is 11.6 Å². The Balaban J connectivity index is 2.33. The lowest BCUT2D eigenvalue weighted by atomic mass is 9.57. The standard InChI is InChI=1S/C12H16ClN/c1-9-6-7-12(9,8-14)10-2-4-11(13)5-3-10/h2-5,9H,6-8,14H2,1H3. The van der Waals surface area contributed by atoms with E-state index in [1.54, 1.807) is 0 Å². The molecule has 1 fully saturated rings. The third-order valence-electron chi connectivity index (χ3n) is 3.75. The highest BCUT2D eigenvalue weighted by atomic mass is 35.5. The molecule has 0 heterocycles. The zero-order valence-electron chi connectivity index (χ0n) is 8.46. The highest BCUT2D eigenvalue weighted by Gasteiger charge is 2.43. The van der Waals surface area contributed by atoms with E-state index in [0.29, 0.717) is 5.92 Å². The number of hydrogen-bond donors (Lipinski definition) is 1. The molecule has 0 aromatic heterocycles. The average Bonchev–Trinajstić information content (AvgIpc) is 2.20. The lowest BCUT2D eigenvalue weighted by Crippen LogP contribution is -2.48. The van der Waals surface area contributed by atoms with Gasteiger partial charge in [-0.25, -0.2) is 0 Å². The first-order valence-corrected chi connectivity index (χ1v) is 5.53. The molecule has 2 N–H and O–H groups in total. The van der Waals surface area contributed by atoms with Gasteiger partial charge in [0.15, 0.2) is 0 Å². The molecule has 1 aliphatic carbocycles.